The molecule has 1 N–H and O–H groups in total. The third-order valence-electron chi connectivity index (χ3n) is 5.69. The van der Waals surface area contributed by atoms with Crippen molar-refractivity contribution in [3.8, 4) is 0 Å². The molecule has 0 bridgehead atoms. The second kappa shape index (κ2) is 9.14. The van der Waals surface area contributed by atoms with Gasteiger partial charge in [0.1, 0.15) is 6.04 Å². The number of aryl methyl sites for hydroxylation is 1. The lowest BCUT2D eigenvalue weighted by atomic mass is 10.0. The molecule has 0 saturated carbocycles. The fourth-order valence-electron chi connectivity index (χ4n) is 3.89. The number of amides is 3. The fourth-order valence-corrected chi connectivity index (χ4v) is 3.89. The van der Waals surface area contributed by atoms with E-state index in [1.807, 2.05) is 0 Å². The lowest BCUT2D eigenvalue weighted by Crippen LogP contribution is -2.48. The van der Waals surface area contributed by atoms with E-state index in [1.54, 1.807) is 19.1 Å². The molecule has 1 heterocycles. The zero-order chi connectivity index (χ0) is 25.3. The van der Waals surface area contributed by atoms with E-state index in [1.165, 1.54) is 54.6 Å². The van der Waals surface area contributed by atoms with Crippen LogP contribution in [0, 0.1) is 27.2 Å². The maximum absolute atomic E-state index is 13.4. The van der Waals surface area contributed by atoms with Crippen molar-refractivity contribution in [2.24, 2.45) is 0 Å². The van der Waals surface area contributed by atoms with Crippen LogP contribution in [-0.4, -0.2) is 38.5 Å². The highest BCUT2D eigenvalue weighted by atomic mass is 16.6. The predicted molar refractivity (Wildman–Crippen MR) is 124 cm³/mol. The molecule has 1 aliphatic heterocycles. The maximum Gasteiger partial charge on any atom is 0.269 e. The first-order chi connectivity index (χ1) is 16.7. The standard InChI is InChI=1S/C24H18N4O7/c1-14-12-17(28(34)35)10-11-20(14)25-22(29)21(13-15-6-8-16(9-7-15)27(32)33)26-23(30)18-4-2-3-5-19(18)24(26)31/h2-12,21H,13H2,1H3,(H,25,29)/t21-/m1/s1. The summed E-state index contributed by atoms with van der Waals surface area (Å²) in [4.78, 5) is 61.3. The molecule has 0 radical (unpaired) electrons. The Hall–Kier alpha value is -4.93. The van der Waals surface area contributed by atoms with Crippen molar-refractivity contribution >= 4 is 34.8 Å². The molecule has 0 unspecified atom stereocenters. The first-order valence-corrected chi connectivity index (χ1v) is 10.4. The van der Waals surface area contributed by atoms with E-state index in [4.69, 9.17) is 0 Å². The van der Waals surface area contributed by atoms with E-state index in [-0.39, 0.29) is 34.6 Å². The van der Waals surface area contributed by atoms with Crippen LogP contribution in [0.4, 0.5) is 17.1 Å². The van der Waals surface area contributed by atoms with Crippen molar-refractivity contribution in [2.75, 3.05) is 5.32 Å². The average Bonchev–Trinajstić information content (AvgIpc) is 3.09. The zero-order valence-electron chi connectivity index (χ0n) is 18.3. The smallest absolute Gasteiger partial charge is 0.269 e. The molecule has 176 valence electrons. The van der Waals surface area contributed by atoms with Crippen molar-refractivity contribution in [1.29, 1.82) is 0 Å². The number of nitrogens with one attached hydrogen (secondary N) is 1. The van der Waals surface area contributed by atoms with Crippen LogP contribution in [-0.2, 0) is 11.2 Å². The molecule has 1 atom stereocenters. The molecule has 0 aliphatic carbocycles. The average molecular weight is 474 g/mol. The lowest BCUT2D eigenvalue weighted by Gasteiger charge is -2.26. The van der Waals surface area contributed by atoms with Gasteiger partial charge in [0.05, 0.1) is 21.0 Å². The van der Waals surface area contributed by atoms with Crippen molar-refractivity contribution in [2.45, 2.75) is 19.4 Å². The second-order valence-corrected chi connectivity index (χ2v) is 7.91. The molecule has 35 heavy (non-hydrogen) atoms. The minimum absolute atomic E-state index is 0.0959. The number of nitro groups is 2. The lowest BCUT2D eigenvalue weighted by molar-refractivity contribution is -0.385. The van der Waals surface area contributed by atoms with Gasteiger partial charge in [-0.25, -0.2) is 0 Å². The van der Waals surface area contributed by atoms with Crippen LogP contribution in [0.15, 0.2) is 66.7 Å². The van der Waals surface area contributed by atoms with Crippen LogP contribution in [0.1, 0.15) is 31.8 Å². The molecular formula is C24H18N4O7. The highest BCUT2D eigenvalue weighted by Gasteiger charge is 2.42. The third-order valence-corrected chi connectivity index (χ3v) is 5.69. The summed E-state index contributed by atoms with van der Waals surface area (Å²) < 4.78 is 0. The van der Waals surface area contributed by atoms with E-state index in [0.29, 0.717) is 11.1 Å². The van der Waals surface area contributed by atoms with Gasteiger partial charge in [-0.2, -0.15) is 0 Å². The van der Waals surface area contributed by atoms with Gasteiger partial charge in [0.2, 0.25) is 5.91 Å². The van der Waals surface area contributed by atoms with Gasteiger partial charge in [-0.15, -0.1) is 0 Å². The summed E-state index contributed by atoms with van der Waals surface area (Å²) >= 11 is 0. The van der Waals surface area contributed by atoms with Gasteiger partial charge in [-0.3, -0.25) is 39.5 Å². The quantitative estimate of drug-likeness (QED) is 0.311. The van der Waals surface area contributed by atoms with E-state index in [9.17, 15) is 34.6 Å². The van der Waals surface area contributed by atoms with Crippen molar-refractivity contribution in [3.05, 3.63) is 109 Å². The van der Waals surface area contributed by atoms with Gasteiger partial charge in [0.15, 0.2) is 0 Å². The number of fused-ring (bicyclic) bond motifs is 1. The molecule has 11 heteroatoms. The van der Waals surface area contributed by atoms with Gasteiger partial charge in [0.25, 0.3) is 23.2 Å². The fraction of sp³-hybridized carbons (Fsp3) is 0.125. The van der Waals surface area contributed by atoms with Crippen LogP contribution >= 0.6 is 0 Å². The van der Waals surface area contributed by atoms with Crippen molar-refractivity contribution in [1.82, 2.24) is 4.90 Å². The Morgan fingerprint density at radius 2 is 1.43 bits per heavy atom. The number of nitro benzene ring substituents is 2. The molecule has 4 rings (SSSR count). The third kappa shape index (κ3) is 4.47. The summed E-state index contributed by atoms with van der Waals surface area (Å²) in [7, 11) is 0. The summed E-state index contributed by atoms with van der Waals surface area (Å²) in [5.74, 6) is -1.95. The Kier molecular flexibility index (Phi) is 6.07. The number of hydrogen-bond donors (Lipinski definition) is 1. The number of rotatable bonds is 7. The molecule has 0 aromatic heterocycles. The molecule has 3 amide bonds. The summed E-state index contributed by atoms with van der Waals surface area (Å²) in [6.07, 6.45) is -0.0959. The molecular weight excluding hydrogens is 456 g/mol. The number of non-ortho nitro benzene ring substituents is 2. The molecule has 11 nitrogen and oxygen atoms in total. The highest BCUT2D eigenvalue weighted by molar-refractivity contribution is 6.23. The van der Waals surface area contributed by atoms with E-state index in [0.717, 1.165) is 4.90 Å². The maximum atomic E-state index is 13.4. The molecule has 1 aliphatic rings. The van der Waals surface area contributed by atoms with E-state index in [2.05, 4.69) is 5.32 Å². The molecule has 0 fully saturated rings. The van der Waals surface area contributed by atoms with Crippen LogP contribution < -0.4 is 5.32 Å². The Morgan fingerprint density at radius 1 is 0.886 bits per heavy atom. The number of imide groups is 1. The Labute approximate surface area is 198 Å². The number of nitrogens with zero attached hydrogens (tertiary/aromatic N) is 3. The molecule has 3 aromatic carbocycles. The van der Waals surface area contributed by atoms with Crippen LogP contribution in [0.3, 0.4) is 0 Å². The van der Waals surface area contributed by atoms with Crippen LogP contribution in [0.2, 0.25) is 0 Å². The van der Waals surface area contributed by atoms with Gasteiger partial charge < -0.3 is 5.32 Å². The first-order valence-electron chi connectivity index (χ1n) is 10.4. The van der Waals surface area contributed by atoms with Gasteiger partial charge in [-0.1, -0.05) is 24.3 Å². The minimum Gasteiger partial charge on any atom is -0.324 e. The van der Waals surface area contributed by atoms with Gasteiger partial charge >= 0.3 is 0 Å². The van der Waals surface area contributed by atoms with E-state index >= 15 is 0 Å². The number of anilines is 1. The normalized spacial score (nSPS) is 13.3. The molecule has 3 aromatic rings. The highest BCUT2D eigenvalue weighted by Crippen LogP contribution is 2.28. The molecule has 0 spiro atoms. The van der Waals surface area contributed by atoms with E-state index < -0.39 is 33.6 Å². The summed E-state index contributed by atoms with van der Waals surface area (Å²) in [6, 6.07) is 14.3. The number of carbonyl (C=O) groups excluding carboxylic acids is 3. The Bertz CT molecular complexity index is 1350. The molecule has 0 saturated heterocycles. The predicted octanol–water partition coefficient (Wildman–Crippen LogP) is 3.66. The Balaban J connectivity index is 1.68. The topological polar surface area (TPSA) is 153 Å². The second-order valence-electron chi connectivity index (χ2n) is 7.91. The number of hydrogen-bond acceptors (Lipinski definition) is 7. The Morgan fingerprint density at radius 3 is 1.94 bits per heavy atom. The van der Waals surface area contributed by atoms with Crippen molar-refractivity contribution in [3.63, 3.8) is 0 Å². The first kappa shape index (κ1) is 23.2. The zero-order valence-corrected chi connectivity index (χ0v) is 18.3. The van der Waals surface area contributed by atoms with Gasteiger partial charge in [0, 0.05) is 36.4 Å². The SMILES string of the molecule is Cc1cc([N+](=O)[O-])ccc1NC(=O)[C@@H](Cc1ccc([N+](=O)[O-])cc1)N1C(=O)c2ccccc2C1=O. The summed E-state index contributed by atoms with van der Waals surface area (Å²) in [5, 5.41) is 24.6. The summed E-state index contributed by atoms with van der Waals surface area (Å²) in [5.41, 5.74) is 1.25. The van der Waals surface area contributed by atoms with Gasteiger partial charge in [-0.05, 0) is 36.2 Å². The monoisotopic (exact) mass is 474 g/mol. The largest absolute Gasteiger partial charge is 0.324 e. The van der Waals surface area contributed by atoms with Crippen molar-refractivity contribution < 1.29 is 24.2 Å². The summed E-state index contributed by atoms with van der Waals surface area (Å²) in [6.45, 7) is 1.58. The van der Waals surface area contributed by atoms with Crippen LogP contribution in [0.5, 0.6) is 0 Å². The number of benzene rings is 3. The minimum atomic E-state index is -1.28. The number of carbonyl (C=O) groups is 3. The van der Waals surface area contributed by atoms with Crippen LogP contribution in [0.25, 0.3) is 0 Å².